The molecule has 1 fully saturated rings. The van der Waals surface area contributed by atoms with E-state index in [4.69, 9.17) is 9.72 Å². The van der Waals surface area contributed by atoms with E-state index in [2.05, 4.69) is 29.6 Å². The molecule has 0 spiro atoms. The van der Waals surface area contributed by atoms with E-state index in [-0.39, 0.29) is 47.8 Å². The summed E-state index contributed by atoms with van der Waals surface area (Å²) in [6, 6.07) is 12.8. The van der Waals surface area contributed by atoms with Gasteiger partial charge in [0.05, 0.1) is 12.4 Å². The molecular formula is C24H34Cl2N2O3S. The number of aromatic nitrogens is 1. The Balaban J connectivity index is 0.00000181. The molecule has 0 bridgehead atoms. The molecular weight excluding hydrogens is 467 g/mol. The number of pyridine rings is 1. The van der Waals surface area contributed by atoms with Gasteiger partial charge in [-0.15, -0.1) is 24.8 Å². The summed E-state index contributed by atoms with van der Waals surface area (Å²) in [6.07, 6.45) is 7.61. The molecule has 1 aliphatic heterocycles. The molecule has 178 valence electrons. The Hall–Kier alpha value is -1.34. The fourth-order valence-electron chi connectivity index (χ4n) is 4.90. The van der Waals surface area contributed by atoms with E-state index in [9.17, 15) is 8.42 Å². The average molecular weight is 502 g/mol. The number of halogens is 2. The second kappa shape index (κ2) is 11.7. The van der Waals surface area contributed by atoms with E-state index in [0.717, 1.165) is 31.6 Å². The molecule has 0 saturated heterocycles. The van der Waals surface area contributed by atoms with E-state index in [1.165, 1.54) is 23.2 Å². The first-order valence-electron chi connectivity index (χ1n) is 11.1. The van der Waals surface area contributed by atoms with Gasteiger partial charge in [-0.1, -0.05) is 25.5 Å². The lowest BCUT2D eigenvalue weighted by Gasteiger charge is -2.49. The van der Waals surface area contributed by atoms with Gasteiger partial charge in [0.2, 0.25) is 0 Å². The van der Waals surface area contributed by atoms with Crippen LogP contribution in [-0.4, -0.2) is 38.1 Å². The highest BCUT2D eigenvalue weighted by atomic mass is 35.5. The van der Waals surface area contributed by atoms with E-state index in [1.54, 1.807) is 0 Å². The zero-order valence-electron chi connectivity index (χ0n) is 18.6. The zero-order valence-corrected chi connectivity index (χ0v) is 21.0. The van der Waals surface area contributed by atoms with Crippen molar-refractivity contribution in [2.45, 2.75) is 56.9 Å². The Kier molecular flexibility index (Phi) is 9.83. The van der Waals surface area contributed by atoms with E-state index >= 15 is 0 Å². The van der Waals surface area contributed by atoms with Crippen LogP contribution in [0.4, 0.5) is 0 Å². The fourth-order valence-corrected chi connectivity index (χ4v) is 6.29. The minimum Gasteiger partial charge on any atom is -0.494 e. The van der Waals surface area contributed by atoms with Crippen molar-refractivity contribution < 1.29 is 13.2 Å². The molecule has 2 aliphatic rings. The van der Waals surface area contributed by atoms with Gasteiger partial charge < -0.3 is 10.1 Å². The van der Waals surface area contributed by atoms with Gasteiger partial charge in [-0.05, 0) is 74.0 Å². The van der Waals surface area contributed by atoms with Gasteiger partial charge in [-0.2, -0.15) is 0 Å². The standard InChI is InChI=1S/C24H32N2O3S.2ClH/c1-2-16-30(27,28)17-6-15-29-20-9-8-19-10-14-26-23(21(19)18-20)24(11-5-12-24)22-7-3-4-13-25-22;;/h3-4,7-9,13,18,23,26H,2,5-6,10-12,14-17H2,1H3;2*1H. The van der Waals surface area contributed by atoms with Crippen molar-refractivity contribution in [3.8, 4) is 5.75 Å². The van der Waals surface area contributed by atoms with Gasteiger partial charge >= 0.3 is 0 Å². The molecule has 1 saturated carbocycles. The lowest BCUT2D eigenvalue weighted by Crippen LogP contribution is -2.49. The molecule has 0 radical (unpaired) electrons. The first kappa shape index (κ1) is 26.9. The number of ether oxygens (including phenoxy) is 1. The number of hydrogen-bond donors (Lipinski definition) is 1. The van der Waals surface area contributed by atoms with Crippen molar-refractivity contribution in [1.82, 2.24) is 10.3 Å². The lowest BCUT2D eigenvalue weighted by atomic mass is 9.59. The quantitative estimate of drug-likeness (QED) is 0.499. The van der Waals surface area contributed by atoms with Crippen LogP contribution in [0.1, 0.15) is 61.9 Å². The number of benzene rings is 1. The molecule has 1 aromatic carbocycles. The summed E-state index contributed by atoms with van der Waals surface area (Å²) in [5, 5.41) is 3.77. The molecule has 2 heterocycles. The summed E-state index contributed by atoms with van der Waals surface area (Å²) >= 11 is 0. The van der Waals surface area contributed by atoms with Crippen LogP contribution in [0.3, 0.4) is 0 Å². The number of hydrogen-bond acceptors (Lipinski definition) is 5. The first-order chi connectivity index (χ1) is 14.5. The highest BCUT2D eigenvalue weighted by Gasteiger charge is 2.48. The third-order valence-corrected chi connectivity index (χ3v) is 8.47. The van der Waals surface area contributed by atoms with Gasteiger partial charge in [0, 0.05) is 29.1 Å². The molecule has 1 unspecified atom stereocenters. The zero-order chi connectivity index (χ0) is 21.0. The Morgan fingerprint density at radius 1 is 1.16 bits per heavy atom. The molecule has 4 rings (SSSR count). The summed E-state index contributed by atoms with van der Waals surface area (Å²) in [6.45, 7) is 3.29. The van der Waals surface area contributed by atoms with E-state index < -0.39 is 9.84 Å². The summed E-state index contributed by atoms with van der Waals surface area (Å²) in [4.78, 5) is 4.71. The van der Waals surface area contributed by atoms with Gasteiger partial charge in [-0.25, -0.2) is 8.42 Å². The van der Waals surface area contributed by atoms with Crippen molar-refractivity contribution in [3.63, 3.8) is 0 Å². The van der Waals surface area contributed by atoms with Crippen LogP contribution in [0.5, 0.6) is 5.75 Å². The van der Waals surface area contributed by atoms with Crippen LogP contribution in [0.2, 0.25) is 0 Å². The number of nitrogens with zero attached hydrogens (tertiary/aromatic N) is 1. The second-order valence-electron chi connectivity index (χ2n) is 8.58. The average Bonchev–Trinajstić information content (AvgIpc) is 2.71. The number of nitrogens with one attached hydrogen (secondary N) is 1. The Bertz CT molecular complexity index is 966. The predicted octanol–water partition coefficient (Wildman–Crippen LogP) is 4.83. The highest BCUT2D eigenvalue weighted by molar-refractivity contribution is 7.91. The molecule has 32 heavy (non-hydrogen) atoms. The Morgan fingerprint density at radius 3 is 2.62 bits per heavy atom. The Morgan fingerprint density at radius 2 is 1.97 bits per heavy atom. The van der Waals surface area contributed by atoms with Crippen LogP contribution < -0.4 is 10.1 Å². The fraction of sp³-hybridized carbons (Fsp3) is 0.542. The summed E-state index contributed by atoms with van der Waals surface area (Å²) in [5.74, 6) is 1.28. The van der Waals surface area contributed by atoms with Crippen LogP contribution in [0.25, 0.3) is 0 Å². The summed E-state index contributed by atoms with van der Waals surface area (Å²) in [7, 11) is -2.95. The SMILES string of the molecule is CCCS(=O)(=O)CCCOc1ccc2c(c1)C(C1(c3ccccn3)CCC1)NCC2.Cl.Cl. The molecule has 8 heteroatoms. The predicted molar refractivity (Wildman–Crippen MR) is 134 cm³/mol. The number of rotatable bonds is 9. The van der Waals surface area contributed by atoms with Gasteiger partial charge in [0.25, 0.3) is 0 Å². The van der Waals surface area contributed by atoms with E-state index in [0.29, 0.717) is 19.4 Å². The molecule has 1 N–H and O–H groups in total. The van der Waals surface area contributed by atoms with Crippen molar-refractivity contribution in [3.05, 3.63) is 59.4 Å². The summed E-state index contributed by atoms with van der Waals surface area (Å²) < 4.78 is 29.7. The highest BCUT2D eigenvalue weighted by Crippen LogP contribution is 2.53. The van der Waals surface area contributed by atoms with Gasteiger partial charge in [-0.3, -0.25) is 4.98 Å². The van der Waals surface area contributed by atoms with Crippen LogP contribution in [0, 0.1) is 0 Å². The largest absolute Gasteiger partial charge is 0.494 e. The molecule has 1 atom stereocenters. The minimum absolute atomic E-state index is 0. The summed E-state index contributed by atoms with van der Waals surface area (Å²) in [5.41, 5.74) is 3.90. The molecule has 0 amide bonds. The van der Waals surface area contributed by atoms with Gasteiger partial charge in [0.15, 0.2) is 0 Å². The van der Waals surface area contributed by atoms with Gasteiger partial charge in [0.1, 0.15) is 15.6 Å². The van der Waals surface area contributed by atoms with Crippen molar-refractivity contribution in [2.24, 2.45) is 0 Å². The molecule has 1 aromatic heterocycles. The van der Waals surface area contributed by atoms with Crippen LogP contribution in [0.15, 0.2) is 42.6 Å². The maximum absolute atomic E-state index is 11.9. The third-order valence-electron chi connectivity index (χ3n) is 6.53. The van der Waals surface area contributed by atoms with Crippen molar-refractivity contribution >= 4 is 34.7 Å². The topological polar surface area (TPSA) is 68.3 Å². The lowest BCUT2D eigenvalue weighted by molar-refractivity contribution is 0.159. The third kappa shape index (κ3) is 5.77. The van der Waals surface area contributed by atoms with Crippen molar-refractivity contribution in [1.29, 1.82) is 0 Å². The van der Waals surface area contributed by atoms with E-state index in [1.807, 2.05) is 25.3 Å². The van der Waals surface area contributed by atoms with Crippen LogP contribution >= 0.6 is 24.8 Å². The number of fused-ring (bicyclic) bond motifs is 1. The smallest absolute Gasteiger partial charge is 0.150 e. The maximum atomic E-state index is 11.9. The maximum Gasteiger partial charge on any atom is 0.150 e. The number of sulfone groups is 1. The first-order valence-corrected chi connectivity index (χ1v) is 13.0. The minimum atomic E-state index is -2.95. The van der Waals surface area contributed by atoms with Crippen LogP contribution in [-0.2, 0) is 21.7 Å². The van der Waals surface area contributed by atoms with Crippen molar-refractivity contribution in [2.75, 3.05) is 24.7 Å². The molecule has 2 aromatic rings. The normalized spacial score (nSPS) is 19.0. The molecule has 5 nitrogen and oxygen atoms in total. The second-order valence-corrected chi connectivity index (χ2v) is 10.9. The Labute approximate surface area is 204 Å². The molecule has 1 aliphatic carbocycles. The monoisotopic (exact) mass is 500 g/mol.